The molecular weight excluding hydrogens is 252 g/mol. The summed E-state index contributed by atoms with van der Waals surface area (Å²) in [5.41, 5.74) is 3.13. The first-order chi connectivity index (χ1) is 9.66. The molecule has 20 heavy (non-hydrogen) atoms. The Bertz CT molecular complexity index is 731. The highest BCUT2D eigenvalue weighted by molar-refractivity contribution is 5.67. The van der Waals surface area contributed by atoms with E-state index in [0.29, 0.717) is 11.5 Å². The smallest absolute Gasteiger partial charge is 0.176 e. The first kappa shape index (κ1) is 12.3. The lowest BCUT2D eigenvalue weighted by molar-refractivity contribution is 0.185. The highest BCUT2D eigenvalue weighted by Gasteiger charge is 2.15. The molecule has 0 aliphatic rings. The van der Waals surface area contributed by atoms with Gasteiger partial charge in [-0.1, -0.05) is 30.3 Å². The van der Waals surface area contributed by atoms with Crippen molar-refractivity contribution in [3.05, 3.63) is 60.3 Å². The summed E-state index contributed by atoms with van der Waals surface area (Å²) in [5, 5.41) is 19.5. The van der Waals surface area contributed by atoms with Gasteiger partial charge in [0.1, 0.15) is 5.75 Å². The average Bonchev–Trinajstić information content (AvgIpc) is 2.77. The number of aromatic hydroxyl groups is 1. The second kappa shape index (κ2) is 4.74. The van der Waals surface area contributed by atoms with Crippen LogP contribution in [0.3, 0.4) is 0 Å². The van der Waals surface area contributed by atoms with Crippen molar-refractivity contribution in [2.75, 3.05) is 0 Å². The molecule has 0 bridgehead atoms. The fourth-order valence-corrected chi connectivity index (χ4v) is 2.16. The maximum atomic E-state index is 10.2. The van der Waals surface area contributed by atoms with Gasteiger partial charge in [0.05, 0.1) is 11.4 Å². The molecule has 0 aliphatic carbocycles. The summed E-state index contributed by atoms with van der Waals surface area (Å²) in [6, 6.07) is 16.3. The molecule has 3 rings (SSSR count). The number of hydrogen-bond donors (Lipinski definition) is 2. The number of phenols is 1. The monoisotopic (exact) mass is 266 g/mol. The van der Waals surface area contributed by atoms with Crippen LogP contribution in [0.4, 0.5) is 0 Å². The Morgan fingerprint density at radius 1 is 0.900 bits per heavy atom. The van der Waals surface area contributed by atoms with Crippen LogP contribution < -0.4 is 0 Å². The van der Waals surface area contributed by atoms with Crippen LogP contribution in [0.25, 0.3) is 22.6 Å². The van der Waals surface area contributed by atoms with E-state index in [0.717, 1.165) is 21.6 Å². The van der Waals surface area contributed by atoms with Crippen molar-refractivity contribution in [2.24, 2.45) is 0 Å². The summed E-state index contributed by atoms with van der Waals surface area (Å²) in [5.74, 6) is 0.645. The molecule has 2 N–H and O–H groups in total. The molecule has 0 saturated carbocycles. The summed E-state index contributed by atoms with van der Waals surface area (Å²) in [6.07, 6.45) is 0. The van der Waals surface area contributed by atoms with Crippen molar-refractivity contribution in [2.45, 2.75) is 6.92 Å². The summed E-state index contributed by atoms with van der Waals surface area (Å²) in [7, 11) is 0. The summed E-state index contributed by atoms with van der Waals surface area (Å²) >= 11 is 0. The quantitative estimate of drug-likeness (QED) is 0.698. The lowest BCUT2D eigenvalue weighted by atomic mass is 10.1. The molecule has 4 nitrogen and oxygen atoms in total. The molecule has 0 atom stereocenters. The van der Waals surface area contributed by atoms with Gasteiger partial charge in [-0.25, -0.2) is 4.98 Å². The van der Waals surface area contributed by atoms with Crippen molar-refractivity contribution >= 4 is 0 Å². The van der Waals surface area contributed by atoms with Gasteiger partial charge in [-0.15, -0.1) is 0 Å². The molecule has 4 heteroatoms. The Balaban J connectivity index is 2.13. The minimum atomic E-state index is 0.185. The van der Waals surface area contributed by atoms with E-state index in [2.05, 4.69) is 4.98 Å². The fourth-order valence-electron chi connectivity index (χ4n) is 2.16. The number of hydrogen-bond acceptors (Lipinski definition) is 3. The molecule has 1 heterocycles. The second-order valence-electron chi connectivity index (χ2n) is 4.59. The van der Waals surface area contributed by atoms with E-state index in [9.17, 15) is 10.3 Å². The topological polar surface area (TPSA) is 58.3 Å². The van der Waals surface area contributed by atoms with Crippen molar-refractivity contribution in [1.82, 2.24) is 9.71 Å². The predicted octanol–water partition coefficient (Wildman–Crippen LogP) is 3.47. The van der Waals surface area contributed by atoms with Crippen LogP contribution in [0.1, 0.15) is 5.69 Å². The molecule has 0 spiro atoms. The van der Waals surface area contributed by atoms with Crippen molar-refractivity contribution in [1.29, 1.82) is 0 Å². The summed E-state index contributed by atoms with van der Waals surface area (Å²) in [6.45, 7) is 1.82. The van der Waals surface area contributed by atoms with Gasteiger partial charge in [0.15, 0.2) is 5.82 Å². The maximum absolute atomic E-state index is 10.2. The van der Waals surface area contributed by atoms with Crippen LogP contribution in [0, 0.1) is 6.92 Å². The highest BCUT2D eigenvalue weighted by atomic mass is 16.5. The van der Waals surface area contributed by atoms with Crippen LogP contribution in [0.2, 0.25) is 0 Å². The maximum Gasteiger partial charge on any atom is 0.176 e. The van der Waals surface area contributed by atoms with Crippen molar-refractivity contribution in [3.8, 4) is 28.4 Å². The Morgan fingerprint density at radius 2 is 1.55 bits per heavy atom. The lowest BCUT2D eigenvalue weighted by Crippen LogP contribution is -1.96. The summed E-state index contributed by atoms with van der Waals surface area (Å²) < 4.78 is 1.08. The highest BCUT2D eigenvalue weighted by Crippen LogP contribution is 2.28. The predicted molar refractivity (Wildman–Crippen MR) is 76.7 cm³/mol. The van der Waals surface area contributed by atoms with Crippen LogP contribution in [0.5, 0.6) is 5.75 Å². The molecule has 0 saturated heterocycles. The van der Waals surface area contributed by atoms with Crippen LogP contribution >= 0.6 is 0 Å². The largest absolute Gasteiger partial charge is 0.508 e. The van der Waals surface area contributed by atoms with Gasteiger partial charge in [-0.2, -0.15) is 4.73 Å². The van der Waals surface area contributed by atoms with Crippen molar-refractivity contribution in [3.63, 3.8) is 0 Å². The minimum Gasteiger partial charge on any atom is -0.508 e. The number of phenolic OH excluding ortho intramolecular Hbond substituents is 1. The molecule has 0 aliphatic heterocycles. The normalized spacial score (nSPS) is 10.7. The van der Waals surface area contributed by atoms with E-state index in [1.54, 1.807) is 24.3 Å². The van der Waals surface area contributed by atoms with Gasteiger partial charge in [0.2, 0.25) is 0 Å². The Labute approximate surface area is 116 Å². The molecule has 2 aromatic carbocycles. The number of nitrogens with zero attached hydrogens (tertiary/aromatic N) is 2. The Kier molecular flexibility index (Phi) is 2.91. The van der Waals surface area contributed by atoms with E-state index < -0.39 is 0 Å². The van der Waals surface area contributed by atoms with E-state index >= 15 is 0 Å². The third kappa shape index (κ3) is 2.01. The molecule has 3 aromatic rings. The molecule has 0 amide bonds. The number of aromatic nitrogens is 2. The number of benzene rings is 2. The Morgan fingerprint density at radius 3 is 2.20 bits per heavy atom. The van der Waals surface area contributed by atoms with Gasteiger partial charge < -0.3 is 10.3 Å². The van der Waals surface area contributed by atoms with Crippen LogP contribution in [0.15, 0.2) is 54.6 Å². The summed E-state index contributed by atoms with van der Waals surface area (Å²) in [4.78, 5) is 4.51. The molecule has 0 fully saturated rings. The van der Waals surface area contributed by atoms with E-state index in [-0.39, 0.29) is 5.75 Å². The molecule has 100 valence electrons. The van der Waals surface area contributed by atoms with Crippen molar-refractivity contribution < 1.29 is 10.3 Å². The van der Waals surface area contributed by atoms with Gasteiger partial charge in [-0.3, -0.25) is 0 Å². The third-order valence-corrected chi connectivity index (χ3v) is 3.25. The van der Waals surface area contributed by atoms with Crippen LogP contribution in [-0.2, 0) is 0 Å². The molecular formula is C16H14N2O2. The SMILES string of the molecule is Cc1c(-c2ccccc2)nc(-c2ccc(O)cc2)n1O. The zero-order valence-electron chi connectivity index (χ0n) is 11.0. The second-order valence-corrected chi connectivity index (χ2v) is 4.59. The first-order valence-electron chi connectivity index (χ1n) is 6.30. The third-order valence-electron chi connectivity index (χ3n) is 3.25. The standard InChI is InChI=1S/C16H14N2O2/c1-11-15(12-5-3-2-4-6-12)17-16(18(11)20)13-7-9-14(19)10-8-13/h2-10,19-20H,1H3. The lowest BCUT2D eigenvalue weighted by Gasteiger charge is -2.01. The Hall–Kier alpha value is -2.75. The zero-order valence-corrected chi connectivity index (χ0v) is 11.0. The van der Waals surface area contributed by atoms with Gasteiger partial charge in [0, 0.05) is 11.1 Å². The molecule has 1 aromatic heterocycles. The van der Waals surface area contributed by atoms with Gasteiger partial charge in [-0.05, 0) is 31.2 Å². The fraction of sp³-hybridized carbons (Fsp3) is 0.0625. The van der Waals surface area contributed by atoms with E-state index in [1.165, 1.54) is 0 Å². The average molecular weight is 266 g/mol. The number of rotatable bonds is 2. The molecule has 0 radical (unpaired) electrons. The van der Waals surface area contributed by atoms with E-state index in [4.69, 9.17) is 0 Å². The van der Waals surface area contributed by atoms with E-state index in [1.807, 2.05) is 37.3 Å². The number of imidazole rings is 1. The van der Waals surface area contributed by atoms with Gasteiger partial charge >= 0.3 is 0 Å². The molecule has 0 unspecified atom stereocenters. The minimum absolute atomic E-state index is 0.185. The van der Waals surface area contributed by atoms with Gasteiger partial charge in [0.25, 0.3) is 0 Å². The zero-order chi connectivity index (χ0) is 14.1. The van der Waals surface area contributed by atoms with Crippen LogP contribution in [-0.4, -0.2) is 20.0 Å². The first-order valence-corrected chi connectivity index (χ1v) is 6.30.